The normalized spacial score (nSPS) is 15.0. The van der Waals surface area contributed by atoms with Gasteiger partial charge in [0, 0.05) is 54.6 Å². The molecule has 2 aromatic carbocycles. The molecule has 2 heterocycles. The quantitative estimate of drug-likeness (QED) is 0.714. The molecule has 4 rings (SSSR count). The highest BCUT2D eigenvalue weighted by atomic mass is 32.1. The van der Waals surface area contributed by atoms with E-state index in [-0.39, 0.29) is 0 Å². The Labute approximate surface area is 164 Å². The van der Waals surface area contributed by atoms with Crippen LogP contribution in [-0.2, 0) is 0 Å². The number of likely N-dealkylation sites (N-methyl/N-ethyl adjacent to an activating group) is 1. The van der Waals surface area contributed by atoms with Gasteiger partial charge in [0.05, 0.1) is 12.8 Å². The second kappa shape index (κ2) is 7.98. The molecule has 27 heavy (non-hydrogen) atoms. The molecule has 0 unspecified atom stereocenters. The predicted octanol–water partition coefficient (Wildman–Crippen LogP) is 4.31. The lowest BCUT2D eigenvalue weighted by Gasteiger charge is -2.34. The van der Waals surface area contributed by atoms with E-state index < -0.39 is 0 Å². The molecule has 3 aromatic rings. The fourth-order valence-electron chi connectivity index (χ4n) is 3.20. The third-order valence-corrected chi connectivity index (χ3v) is 5.61. The number of thiazole rings is 1. The molecule has 0 atom stereocenters. The Kier molecular flexibility index (Phi) is 5.27. The monoisotopic (exact) mass is 380 g/mol. The molecule has 1 aliphatic rings. The Bertz CT molecular complexity index is 885. The van der Waals surface area contributed by atoms with E-state index in [0.717, 1.165) is 54.0 Å². The number of rotatable bonds is 5. The summed E-state index contributed by atoms with van der Waals surface area (Å²) in [6, 6.07) is 16.6. The average Bonchev–Trinajstić information content (AvgIpc) is 3.17. The van der Waals surface area contributed by atoms with Gasteiger partial charge < -0.3 is 19.9 Å². The molecular formula is C21H24N4OS. The average molecular weight is 381 g/mol. The fraction of sp³-hybridized carbons (Fsp3) is 0.286. The van der Waals surface area contributed by atoms with Crippen LogP contribution in [0.15, 0.2) is 53.9 Å². The van der Waals surface area contributed by atoms with Gasteiger partial charge in [-0.05, 0) is 31.3 Å². The Morgan fingerprint density at radius 3 is 2.56 bits per heavy atom. The first-order chi connectivity index (χ1) is 13.2. The number of benzene rings is 2. The molecule has 1 N–H and O–H groups in total. The van der Waals surface area contributed by atoms with Crippen molar-refractivity contribution in [2.75, 3.05) is 50.6 Å². The number of nitrogens with zero attached hydrogens (tertiary/aromatic N) is 3. The zero-order chi connectivity index (χ0) is 18.6. The highest BCUT2D eigenvalue weighted by Crippen LogP contribution is 2.29. The van der Waals surface area contributed by atoms with Crippen molar-refractivity contribution < 1.29 is 4.74 Å². The van der Waals surface area contributed by atoms with Crippen molar-refractivity contribution in [3.63, 3.8) is 0 Å². The molecular weight excluding hydrogens is 356 g/mol. The van der Waals surface area contributed by atoms with Crippen molar-refractivity contribution in [3.8, 4) is 17.0 Å². The molecule has 0 aliphatic carbocycles. The van der Waals surface area contributed by atoms with Crippen molar-refractivity contribution in [1.82, 2.24) is 9.88 Å². The lowest BCUT2D eigenvalue weighted by molar-refractivity contribution is 0.313. The number of anilines is 3. The highest BCUT2D eigenvalue weighted by molar-refractivity contribution is 7.14. The molecule has 0 amide bonds. The number of hydrogen-bond acceptors (Lipinski definition) is 6. The minimum Gasteiger partial charge on any atom is -0.497 e. The molecule has 0 spiro atoms. The third-order valence-electron chi connectivity index (χ3n) is 4.86. The van der Waals surface area contributed by atoms with E-state index in [0.29, 0.717) is 0 Å². The second-order valence-electron chi connectivity index (χ2n) is 6.73. The molecule has 0 radical (unpaired) electrons. The van der Waals surface area contributed by atoms with Crippen LogP contribution in [-0.4, -0.2) is 50.2 Å². The van der Waals surface area contributed by atoms with Crippen LogP contribution in [0.4, 0.5) is 16.5 Å². The van der Waals surface area contributed by atoms with Crippen LogP contribution in [0.25, 0.3) is 11.3 Å². The van der Waals surface area contributed by atoms with E-state index in [1.165, 1.54) is 5.69 Å². The number of aromatic nitrogens is 1. The first-order valence-electron chi connectivity index (χ1n) is 9.12. The summed E-state index contributed by atoms with van der Waals surface area (Å²) in [5.74, 6) is 0.830. The molecule has 6 heteroatoms. The van der Waals surface area contributed by atoms with Crippen LogP contribution in [0.2, 0.25) is 0 Å². The molecule has 0 saturated carbocycles. The van der Waals surface area contributed by atoms with Crippen molar-refractivity contribution in [2.45, 2.75) is 0 Å². The zero-order valence-corrected chi connectivity index (χ0v) is 16.5. The topological polar surface area (TPSA) is 40.6 Å². The smallest absolute Gasteiger partial charge is 0.187 e. The lowest BCUT2D eigenvalue weighted by Crippen LogP contribution is -2.44. The summed E-state index contributed by atoms with van der Waals surface area (Å²) >= 11 is 1.61. The van der Waals surface area contributed by atoms with E-state index in [1.807, 2.05) is 24.3 Å². The summed E-state index contributed by atoms with van der Waals surface area (Å²) in [6.45, 7) is 4.41. The Balaban J connectivity index is 1.45. The van der Waals surface area contributed by atoms with E-state index in [2.05, 4.69) is 51.8 Å². The first kappa shape index (κ1) is 17.8. The summed E-state index contributed by atoms with van der Waals surface area (Å²) in [5.41, 5.74) is 4.40. The summed E-state index contributed by atoms with van der Waals surface area (Å²) in [6.07, 6.45) is 0. The number of piperazine rings is 1. The van der Waals surface area contributed by atoms with Crippen LogP contribution in [0.3, 0.4) is 0 Å². The Morgan fingerprint density at radius 2 is 1.81 bits per heavy atom. The van der Waals surface area contributed by atoms with Gasteiger partial charge in [-0.1, -0.05) is 18.2 Å². The number of hydrogen-bond donors (Lipinski definition) is 1. The standard InChI is InChI=1S/C21H24N4OS/c1-24-10-12-25(13-11-24)18-8-6-16(7-9-18)20-15-27-21(23-20)22-17-4-3-5-19(14-17)26-2/h3-9,14-15H,10-13H2,1-2H3,(H,22,23). The summed E-state index contributed by atoms with van der Waals surface area (Å²) < 4.78 is 5.27. The molecule has 0 bridgehead atoms. The second-order valence-corrected chi connectivity index (χ2v) is 7.59. The SMILES string of the molecule is COc1cccc(Nc2nc(-c3ccc(N4CCN(C)CC4)cc3)cs2)c1. The molecule has 1 saturated heterocycles. The van der Waals surface area contributed by atoms with Crippen LogP contribution in [0.1, 0.15) is 0 Å². The first-order valence-corrected chi connectivity index (χ1v) is 10.00. The summed E-state index contributed by atoms with van der Waals surface area (Å²) in [5, 5.41) is 6.32. The molecule has 1 fully saturated rings. The number of methoxy groups -OCH3 is 1. The summed E-state index contributed by atoms with van der Waals surface area (Å²) in [4.78, 5) is 9.55. The van der Waals surface area contributed by atoms with E-state index in [1.54, 1.807) is 18.4 Å². The Hall–Kier alpha value is -2.57. The van der Waals surface area contributed by atoms with Crippen LogP contribution in [0.5, 0.6) is 5.75 Å². The van der Waals surface area contributed by atoms with Gasteiger partial charge >= 0.3 is 0 Å². The predicted molar refractivity (Wildman–Crippen MR) is 114 cm³/mol. The highest BCUT2D eigenvalue weighted by Gasteiger charge is 2.14. The Morgan fingerprint density at radius 1 is 1.04 bits per heavy atom. The lowest BCUT2D eigenvalue weighted by atomic mass is 10.1. The van der Waals surface area contributed by atoms with Crippen molar-refractivity contribution >= 4 is 27.8 Å². The maximum Gasteiger partial charge on any atom is 0.187 e. The zero-order valence-electron chi connectivity index (χ0n) is 15.7. The minimum absolute atomic E-state index is 0.830. The fourth-order valence-corrected chi connectivity index (χ4v) is 3.94. The van der Waals surface area contributed by atoms with Gasteiger partial charge in [-0.2, -0.15) is 0 Å². The molecule has 1 aromatic heterocycles. The van der Waals surface area contributed by atoms with Crippen LogP contribution in [0, 0.1) is 0 Å². The maximum absolute atomic E-state index is 5.27. The van der Waals surface area contributed by atoms with Gasteiger partial charge in [0.2, 0.25) is 0 Å². The van der Waals surface area contributed by atoms with Gasteiger partial charge in [-0.3, -0.25) is 0 Å². The van der Waals surface area contributed by atoms with E-state index in [9.17, 15) is 0 Å². The van der Waals surface area contributed by atoms with Gasteiger partial charge in [-0.15, -0.1) is 11.3 Å². The van der Waals surface area contributed by atoms with Crippen molar-refractivity contribution in [1.29, 1.82) is 0 Å². The van der Waals surface area contributed by atoms with Gasteiger partial charge in [-0.25, -0.2) is 4.98 Å². The summed E-state index contributed by atoms with van der Waals surface area (Å²) in [7, 11) is 3.85. The van der Waals surface area contributed by atoms with Gasteiger partial charge in [0.25, 0.3) is 0 Å². The largest absolute Gasteiger partial charge is 0.497 e. The molecule has 1 aliphatic heterocycles. The van der Waals surface area contributed by atoms with Gasteiger partial charge in [0.1, 0.15) is 5.75 Å². The van der Waals surface area contributed by atoms with E-state index >= 15 is 0 Å². The van der Waals surface area contributed by atoms with E-state index in [4.69, 9.17) is 9.72 Å². The van der Waals surface area contributed by atoms with Crippen LogP contribution >= 0.6 is 11.3 Å². The third kappa shape index (κ3) is 4.23. The maximum atomic E-state index is 5.27. The minimum atomic E-state index is 0.830. The van der Waals surface area contributed by atoms with Crippen LogP contribution < -0.4 is 15.0 Å². The van der Waals surface area contributed by atoms with Crippen molar-refractivity contribution in [2.24, 2.45) is 0 Å². The molecule has 140 valence electrons. The number of ether oxygens (including phenoxy) is 1. The van der Waals surface area contributed by atoms with Gasteiger partial charge in [0.15, 0.2) is 5.13 Å². The van der Waals surface area contributed by atoms with Crippen molar-refractivity contribution in [3.05, 3.63) is 53.9 Å². The number of nitrogens with one attached hydrogen (secondary N) is 1. The molecule has 5 nitrogen and oxygen atoms in total.